The first-order valence-electron chi connectivity index (χ1n) is 10.5. The first kappa shape index (κ1) is 25.5. The maximum atomic E-state index is 13.6. The molecule has 3 aromatic rings. The number of benzene rings is 3. The highest BCUT2D eigenvalue weighted by Gasteiger charge is 2.30. The number of aryl methyl sites for hydroxylation is 1. The molecular weight excluding hydrogens is 472 g/mol. The summed E-state index contributed by atoms with van der Waals surface area (Å²) in [5.74, 6) is -0.561. The molecule has 182 valence electrons. The van der Waals surface area contributed by atoms with E-state index in [1.165, 1.54) is 31.4 Å². The Hall–Kier alpha value is -4.09. The maximum Gasteiger partial charge on any atom is 0.278 e. The number of nitrogens with one attached hydrogen (secondary N) is 1. The summed E-state index contributed by atoms with van der Waals surface area (Å²) >= 11 is 0. The monoisotopic (exact) mass is 496 g/mol. The van der Waals surface area contributed by atoms with Gasteiger partial charge in [-0.25, -0.2) is 13.8 Å². The third-order valence-corrected chi connectivity index (χ3v) is 6.80. The van der Waals surface area contributed by atoms with Gasteiger partial charge >= 0.3 is 0 Å². The van der Waals surface area contributed by atoms with E-state index in [0.29, 0.717) is 11.1 Å². The van der Waals surface area contributed by atoms with E-state index in [1.54, 1.807) is 55.5 Å². The number of para-hydroxylation sites is 1. The third-order valence-electron chi connectivity index (χ3n) is 4.99. The summed E-state index contributed by atoms with van der Waals surface area (Å²) in [5, 5.41) is 14.9. The SMILES string of the molecule is COc1ccc(C)cc1S(=O)(=O)N(CC(=O)NN=Cc1ccccc1[N+](=O)[O-])Cc1ccccc1. The summed E-state index contributed by atoms with van der Waals surface area (Å²) in [6, 6.07) is 19.5. The van der Waals surface area contributed by atoms with Crippen LogP contribution in [0.1, 0.15) is 16.7 Å². The maximum absolute atomic E-state index is 13.6. The largest absolute Gasteiger partial charge is 0.495 e. The van der Waals surface area contributed by atoms with Crippen LogP contribution in [-0.4, -0.2) is 43.4 Å². The molecule has 1 amide bonds. The first-order valence-corrected chi connectivity index (χ1v) is 11.9. The average Bonchev–Trinajstić information content (AvgIpc) is 2.84. The molecule has 0 radical (unpaired) electrons. The number of hydrogen-bond donors (Lipinski definition) is 1. The van der Waals surface area contributed by atoms with Gasteiger partial charge in [0.1, 0.15) is 10.6 Å². The van der Waals surface area contributed by atoms with Crippen molar-refractivity contribution in [3.63, 3.8) is 0 Å². The number of nitro groups is 1. The molecule has 0 saturated heterocycles. The topological polar surface area (TPSA) is 131 Å². The Bertz CT molecular complexity index is 1340. The van der Waals surface area contributed by atoms with Crippen molar-refractivity contribution in [1.29, 1.82) is 0 Å². The lowest BCUT2D eigenvalue weighted by Crippen LogP contribution is -2.39. The number of ether oxygens (including phenoxy) is 1. The summed E-state index contributed by atoms with van der Waals surface area (Å²) in [6.07, 6.45) is 1.13. The number of hydrogen-bond acceptors (Lipinski definition) is 7. The Balaban J connectivity index is 1.86. The molecule has 10 nitrogen and oxygen atoms in total. The van der Waals surface area contributed by atoms with E-state index in [9.17, 15) is 23.3 Å². The fraction of sp³-hybridized carbons (Fsp3) is 0.167. The van der Waals surface area contributed by atoms with Crippen LogP contribution in [0.15, 0.2) is 82.8 Å². The number of amides is 1. The molecule has 0 bridgehead atoms. The number of nitro benzene ring substituents is 1. The summed E-state index contributed by atoms with van der Waals surface area (Å²) in [6.45, 7) is 1.15. The second-order valence-corrected chi connectivity index (χ2v) is 9.43. The smallest absolute Gasteiger partial charge is 0.278 e. The van der Waals surface area contributed by atoms with E-state index in [2.05, 4.69) is 10.5 Å². The van der Waals surface area contributed by atoms with Gasteiger partial charge in [0.2, 0.25) is 10.0 Å². The van der Waals surface area contributed by atoms with Crippen molar-refractivity contribution in [3.05, 3.63) is 99.6 Å². The lowest BCUT2D eigenvalue weighted by molar-refractivity contribution is -0.385. The molecule has 0 unspecified atom stereocenters. The number of carbonyl (C=O) groups is 1. The predicted octanol–water partition coefficient (Wildman–Crippen LogP) is 3.25. The summed E-state index contributed by atoms with van der Waals surface area (Å²) in [4.78, 5) is 23.2. The molecule has 0 spiro atoms. The molecule has 1 N–H and O–H groups in total. The Kier molecular flexibility index (Phi) is 8.29. The fourth-order valence-corrected chi connectivity index (χ4v) is 4.89. The minimum absolute atomic E-state index is 0.0628. The molecule has 0 saturated carbocycles. The van der Waals surface area contributed by atoms with Crippen molar-refractivity contribution in [2.75, 3.05) is 13.7 Å². The number of rotatable bonds is 10. The quantitative estimate of drug-likeness (QED) is 0.260. The summed E-state index contributed by atoms with van der Waals surface area (Å²) in [7, 11) is -2.78. The molecule has 0 aliphatic rings. The van der Waals surface area contributed by atoms with Gasteiger partial charge in [-0.15, -0.1) is 0 Å². The molecule has 0 aliphatic heterocycles. The van der Waals surface area contributed by atoms with Crippen molar-refractivity contribution in [1.82, 2.24) is 9.73 Å². The van der Waals surface area contributed by atoms with E-state index < -0.39 is 27.4 Å². The number of carbonyl (C=O) groups excluding carboxylic acids is 1. The van der Waals surface area contributed by atoms with Gasteiger partial charge in [-0.2, -0.15) is 9.41 Å². The number of nitrogens with zero attached hydrogens (tertiary/aromatic N) is 3. The number of hydrazone groups is 1. The minimum atomic E-state index is -4.15. The zero-order valence-electron chi connectivity index (χ0n) is 19.1. The van der Waals surface area contributed by atoms with Crippen molar-refractivity contribution >= 4 is 27.8 Å². The van der Waals surface area contributed by atoms with Crippen molar-refractivity contribution in [2.45, 2.75) is 18.4 Å². The molecule has 0 atom stereocenters. The Morgan fingerprint density at radius 3 is 2.49 bits per heavy atom. The molecule has 11 heteroatoms. The number of methoxy groups -OCH3 is 1. The van der Waals surface area contributed by atoms with Gasteiger partial charge in [-0.3, -0.25) is 14.9 Å². The zero-order valence-corrected chi connectivity index (χ0v) is 19.9. The van der Waals surface area contributed by atoms with Crippen LogP contribution in [0.5, 0.6) is 5.75 Å². The molecule has 3 aromatic carbocycles. The van der Waals surface area contributed by atoms with E-state index in [-0.39, 0.29) is 28.4 Å². The third kappa shape index (κ3) is 6.49. The Morgan fingerprint density at radius 2 is 1.80 bits per heavy atom. The highest BCUT2D eigenvalue weighted by atomic mass is 32.2. The predicted molar refractivity (Wildman–Crippen MR) is 131 cm³/mol. The van der Waals surface area contributed by atoms with Gasteiger partial charge in [0.05, 0.1) is 30.4 Å². The minimum Gasteiger partial charge on any atom is -0.495 e. The van der Waals surface area contributed by atoms with Crippen molar-refractivity contribution in [2.24, 2.45) is 5.10 Å². The van der Waals surface area contributed by atoms with Gasteiger partial charge in [0, 0.05) is 12.6 Å². The van der Waals surface area contributed by atoms with E-state index >= 15 is 0 Å². The molecule has 0 heterocycles. The highest BCUT2D eigenvalue weighted by Crippen LogP contribution is 2.28. The van der Waals surface area contributed by atoms with Crippen LogP contribution in [0.25, 0.3) is 0 Å². The van der Waals surface area contributed by atoms with Crippen LogP contribution < -0.4 is 10.2 Å². The standard InChI is InChI=1S/C24H24N4O6S/c1-18-12-13-22(34-2)23(14-18)35(32,33)27(16-19-8-4-3-5-9-19)17-24(29)26-25-15-20-10-6-7-11-21(20)28(30)31/h3-15H,16-17H2,1-2H3,(H,26,29). The van der Waals surface area contributed by atoms with Gasteiger partial charge < -0.3 is 4.74 Å². The van der Waals surface area contributed by atoms with Gasteiger partial charge in [-0.1, -0.05) is 48.5 Å². The highest BCUT2D eigenvalue weighted by molar-refractivity contribution is 7.89. The normalized spacial score (nSPS) is 11.5. The molecule has 3 rings (SSSR count). The van der Waals surface area contributed by atoms with Crippen LogP contribution in [0, 0.1) is 17.0 Å². The molecule has 35 heavy (non-hydrogen) atoms. The van der Waals surface area contributed by atoms with Crippen LogP contribution in [0.3, 0.4) is 0 Å². The van der Waals surface area contributed by atoms with Crippen LogP contribution in [0.4, 0.5) is 5.69 Å². The van der Waals surface area contributed by atoms with E-state index in [4.69, 9.17) is 4.74 Å². The lowest BCUT2D eigenvalue weighted by Gasteiger charge is -2.23. The second kappa shape index (κ2) is 11.4. The van der Waals surface area contributed by atoms with Crippen LogP contribution >= 0.6 is 0 Å². The Morgan fingerprint density at radius 1 is 1.11 bits per heavy atom. The lowest BCUT2D eigenvalue weighted by atomic mass is 10.2. The van der Waals surface area contributed by atoms with Crippen LogP contribution in [0.2, 0.25) is 0 Å². The van der Waals surface area contributed by atoms with E-state index in [0.717, 1.165) is 10.5 Å². The van der Waals surface area contributed by atoms with Crippen molar-refractivity contribution in [3.8, 4) is 5.75 Å². The molecule has 0 fully saturated rings. The Labute approximate surface area is 203 Å². The summed E-state index contributed by atoms with van der Waals surface area (Å²) < 4.78 is 33.4. The number of sulfonamides is 1. The van der Waals surface area contributed by atoms with Gasteiger partial charge in [0.25, 0.3) is 11.6 Å². The second-order valence-electron chi connectivity index (χ2n) is 7.52. The van der Waals surface area contributed by atoms with Gasteiger partial charge in [-0.05, 0) is 36.2 Å². The average molecular weight is 497 g/mol. The molecular formula is C24H24N4O6S. The first-order chi connectivity index (χ1) is 16.7. The molecule has 0 aliphatic carbocycles. The van der Waals surface area contributed by atoms with E-state index in [1.807, 2.05) is 0 Å². The summed E-state index contributed by atoms with van der Waals surface area (Å²) in [5.41, 5.74) is 3.65. The van der Waals surface area contributed by atoms with Crippen molar-refractivity contribution < 1.29 is 22.9 Å². The van der Waals surface area contributed by atoms with Crippen LogP contribution in [-0.2, 0) is 21.4 Å². The molecule has 0 aromatic heterocycles. The van der Waals surface area contributed by atoms with Gasteiger partial charge in [0.15, 0.2) is 0 Å². The fourth-order valence-electron chi connectivity index (χ4n) is 3.27. The zero-order chi connectivity index (χ0) is 25.4.